The van der Waals surface area contributed by atoms with E-state index >= 15 is 0 Å². The highest BCUT2D eigenvalue weighted by atomic mass is 32.2. The van der Waals surface area contributed by atoms with Gasteiger partial charge in [0.15, 0.2) is 6.04 Å². The van der Waals surface area contributed by atoms with Crippen molar-refractivity contribution in [1.82, 2.24) is 15.3 Å². The van der Waals surface area contributed by atoms with E-state index in [4.69, 9.17) is 5.11 Å². The molecule has 1 aromatic heterocycles. The van der Waals surface area contributed by atoms with Gasteiger partial charge in [0.05, 0.1) is 25.0 Å². The van der Waals surface area contributed by atoms with Gasteiger partial charge in [-0.1, -0.05) is 0 Å². The van der Waals surface area contributed by atoms with Gasteiger partial charge < -0.3 is 15.2 Å². The summed E-state index contributed by atoms with van der Waals surface area (Å²) in [5, 5.41) is 12.0. The number of amides is 1. The van der Waals surface area contributed by atoms with Crippen molar-refractivity contribution < 1.29 is 19.4 Å². The van der Waals surface area contributed by atoms with Crippen molar-refractivity contribution in [1.29, 1.82) is 0 Å². The number of hydrogen-bond donors (Lipinski definition) is 2. The number of carbonyl (C=O) groups is 2. The molecule has 0 aromatic carbocycles. The van der Waals surface area contributed by atoms with Crippen molar-refractivity contribution in [2.24, 2.45) is 0 Å². The summed E-state index contributed by atoms with van der Waals surface area (Å²) in [4.78, 5) is 31.9. The van der Waals surface area contributed by atoms with Crippen LogP contribution in [0.25, 0.3) is 0 Å². The van der Waals surface area contributed by atoms with Gasteiger partial charge in [-0.15, -0.1) is 11.8 Å². The lowest BCUT2D eigenvalue weighted by Gasteiger charge is -2.16. The summed E-state index contributed by atoms with van der Waals surface area (Å²) in [6, 6.07) is -1.11. The van der Waals surface area contributed by atoms with Gasteiger partial charge >= 0.3 is 5.97 Å². The predicted molar refractivity (Wildman–Crippen MR) is 73.6 cm³/mol. The van der Waals surface area contributed by atoms with Crippen LogP contribution in [0, 0.1) is 13.8 Å². The third-order valence-corrected chi connectivity index (χ3v) is 3.24. The molecule has 0 spiro atoms. The number of aliphatic hydroxyl groups excluding tert-OH is 1. The highest BCUT2D eigenvalue weighted by molar-refractivity contribution is 7.98. The fraction of sp³-hybridized carbons (Fsp3) is 0.500. The lowest BCUT2D eigenvalue weighted by atomic mass is 10.2. The van der Waals surface area contributed by atoms with Gasteiger partial charge in [-0.2, -0.15) is 0 Å². The molecule has 110 valence electrons. The second kappa shape index (κ2) is 7.20. The first-order valence-corrected chi connectivity index (χ1v) is 7.05. The Morgan fingerprint density at radius 2 is 2.05 bits per heavy atom. The number of aromatic nitrogens is 2. The van der Waals surface area contributed by atoms with Crippen molar-refractivity contribution >= 4 is 23.6 Å². The largest absolute Gasteiger partial charge is 0.467 e. The van der Waals surface area contributed by atoms with Crippen LogP contribution in [0.15, 0.2) is 5.03 Å². The van der Waals surface area contributed by atoms with Crippen LogP contribution in [0.5, 0.6) is 0 Å². The molecule has 0 aliphatic heterocycles. The number of aliphatic hydroxyl groups is 1. The molecule has 2 N–H and O–H groups in total. The second-order valence-corrected chi connectivity index (χ2v) is 4.77. The molecule has 0 bridgehead atoms. The highest BCUT2D eigenvalue weighted by Gasteiger charge is 2.24. The summed E-state index contributed by atoms with van der Waals surface area (Å²) >= 11 is 1.31. The molecular weight excluding hydrogens is 282 g/mol. The Kier molecular flexibility index (Phi) is 5.90. The Hall–Kier alpha value is -1.67. The summed E-state index contributed by atoms with van der Waals surface area (Å²) in [5.74, 6) is -0.663. The smallest absolute Gasteiger partial charge is 0.330 e. The first kappa shape index (κ1) is 16.4. The molecule has 1 rings (SSSR count). The number of nitrogens with one attached hydrogen (secondary N) is 1. The normalized spacial score (nSPS) is 11.8. The van der Waals surface area contributed by atoms with Crippen LogP contribution >= 0.6 is 11.8 Å². The van der Waals surface area contributed by atoms with Crippen molar-refractivity contribution in [3.05, 3.63) is 17.1 Å². The Morgan fingerprint density at radius 1 is 1.40 bits per heavy atom. The van der Waals surface area contributed by atoms with Gasteiger partial charge in [0.25, 0.3) is 5.91 Å². The van der Waals surface area contributed by atoms with E-state index in [0.717, 1.165) is 0 Å². The molecular formula is C12H17N3O4S. The molecule has 7 nitrogen and oxygen atoms in total. The minimum atomic E-state index is -1.11. The van der Waals surface area contributed by atoms with Gasteiger partial charge in [-0.05, 0) is 20.1 Å². The quantitative estimate of drug-likeness (QED) is 0.451. The Balaban J connectivity index is 3.06. The maximum Gasteiger partial charge on any atom is 0.330 e. The summed E-state index contributed by atoms with van der Waals surface area (Å²) in [6.07, 6.45) is 1.79. The van der Waals surface area contributed by atoms with Gasteiger partial charge in [-0.25, -0.2) is 14.8 Å². The van der Waals surface area contributed by atoms with E-state index in [9.17, 15) is 9.59 Å². The van der Waals surface area contributed by atoms with Crippen LogP contribution in [0.4, 0.5) is 0 Å². The molecule has 1 atom stereocenters. The number of rotatable bonds is 5. The van der Waals surface area contributed by atoms with Gasteiger partial charge in [0.2, 0.25) is 0 Å². The number of esters is 1. The van der Waals surface area contributed by atoms with E-state index in [-0.39, 0.29) is 0 Å². The number of hydrogen-bond acceptors (Lipinski definition) is 7. The maximum absolute atomic E-state index is 12.2. The maximum atomic E-state index is 12.2. The number of aryl methyl sites for hydroxylation is 2. The van der Waals surface area contributed by atoms with E-state index in [0.29, 0.717) is 22.1 Å². The fourth-order valence-corrected chi connectivity index (χ4v) is 2.31. The molecule has 1 heterocycles. The van der Waals surface area contributed by atoms with Crippen LogP contribution in [0.2, 0.25) is 0 Å². The number of carbonyl (C=O) groups excluding carboxylic acids is 2. The van der Waals surface area contributed by atoms with E-state index in [1.807, 2.05) is 0 Å². The van der Waals surface area contributed by atoms with Crippen LogP contribution < -0.4 is 5.32 Å². The van der Waals surface area contributed by atoms with Crippen molar-refractivity contribution in [3.63, 3.8) is 0 Å². The fourth-order valence-electron chi connectivity index (χ4n) is 1.64. The van der Waals surface area contributed by atoms with Crippen molar-refractivity contribution in [3.8, 4) is 0 Å². The lowest BCUT2D eigenvalue weighted by Crippen LogP contribution is -2.44. The van der Waals surface area contributed by atoms with Crippen molar-refractivity contribution in [2.75, 3.05) is 20.0 Å². The monoisotopic (exact) mass is 299 g/mol. The summed E-state index contributed by atoms with van der Waals surface area (Å²) in [7, 11) is 1.19. The van der Waals surface area contributed by atoms with Crippen LogP contribution in [-0.4, -0.2) is 53.0 Å². The Morgan fingerprint density at radius 3 is 2.55 bits per heavy atom. The minimum absolute atomic E-state index is 0.297. The minimum Gasteiger partial charge on any atom is -0.467 e. The molecule has 0 aliphatic rings. The van der Waals surface area contributed by atoms with Crippen molar-refractivity contribution in [2.45, 2.75) is 24.9 Å². The zero-order valence-corrected chi connectivity index (χ0v) is 12.6. The zero-order chi connectivity index (χ0) is 15.3. The van der Waals surface area contributed by atoms with Gasteiger partial charge in [-0.3, -0.25) is 4.79 Å². The highest BCUT2D eigenvalue weighted by Crippen LogP contribution is 2.20. The molecule has 20 heavy (non-hydrogen) atoms. The first-order valence-electron chi connectivity index (χ1n) is 5.83. The molecule has 1 amide bonds. The molecule has 1 unspecified atom stereocenters. The lowest BCUT2D eigenvalue weighted by molar-refractivity contribution is -0.143. The zero-order valence-electron chi connectivity index (χ0n) is 11.8. The standard InChI is InChI=1S/C12H17N3O4S/c1-6-9(11(20-4)14-7(2)13-6)10(17)15-8(5-16)12(18)19-3/h8,16H,5H2,1-4H3,(H,15,17). The van der Waals surface area contributed by atoms with E-state index in [1.54, 1.807) is 20.1 Å². The Bertz CT molecular complexity index is 522. The van der Waals surface area contributed by atoms with Crippen LogP contribution in [0.3, 0.4) is 0 Å². The average Bonchev–Trinajstić information content (AvgIpc) is 2.42. The third kappa shape index (κ3) is 3.67. The SMILES string of the molecule is COC(=O)C(CO)NC(=O)c1c(C)nc(C)nc1SC. The van der Waals surface area contributed by atoms with E-state index in [2.05, 4.69) is 20.0 Å². The third-order valence-electron chi connectivity index (χ3n) is 2.56. The first-order chi connectivity index (χ1) is 9.44. The van der Waals surface area contributed by atoms with Gasteiger partial charge in [0.1, 0.15) is 10.9 Å². The number of methoxy groups -OCH3 is 1. The van der Waals surface area contributed by atoms with Crippen LogP contribution in [0.1, 0.15) is 21.9 Å². The molecule has 0 radical (unpaired) electrons. The molecule has 0 saturated carbocycles. The molecule has 8 heteroatoms. The number of ether oxygens (including phenoxy) is 1. The predicted octanol–water partition coefficient (Wildman–Crippen LogP) is 0.0790. The molecule has 0 saturated heterocycles. The molecule has 0 aliphatic carbocycles. The summed E-state index contributed by atoms with van der Waals surface area (Å²) in [6.45, 7) is 2.88. The number of nitrogens with zero attached hydrogens (tertiary/aromatic N) is 2. The number of thioether (sulfide) groups is 1. The summed E-state index contributed by atoms with van der Waals surface area (Å²) in [5.41, 5.74) is 0.811. The average molecular weight is 299 g/mol. The van der Waals surface area contributed by atoms with E-state index in [1.165, 1.54) is 18.9 Å². The Labute approximate surface area is 121 Å². The topological polar surface area (TPSA) is 101 Å². The second-order valence-electron chi connectivity index (χ2n) is 3.97. The van der Waals surface area contributed by atoms with E-state index < -0.39 is 24.5 Å². The molecule has 0 fully saturated rings. The molecule has 1 aromatic rings. The van der Waals surface area contributed by atoms with Crippen LogP contribution in [-0.2, 0) is 9.53 Å². The summed E-state index contributed by atoms with van der Waals surface area (Å²) < 4.78 is 4.50. The van der Waals surface area contributed by atoms with Gasteiger partial charge in [0, 0.05) is 0 Å².